The minimum atomic E-state index is 0.0637. The lowest BCUT2D eigenvalue weighted by Crippen LogP contribution is -3.11. The molecule has 2 aliphatic heterocycles. The fraction of sp³-hybridized carbons (Fsp3) is 0.636. The molecular weight excluding hydrogens is 254 g/mol. The number of hydrogen-bond donors (Lipinski definition) is 1. The molecule has 0 aromatic heterocycles. The van der Waals surface area contributed by atoms with E-state index in [0.29, 0.717) is 10.9 Å². The van der Waals surface area contributed by atoms with Crippen LogP contribution in [0.4, 0.5) is 0 Å². The topological polar surface area (TPSA) is 28.0 Å². The zero-order valence-corrected chi connectivity index (χ0v) is 11.9. The molecular formula is C11H18N3OS2+. The highest BCUT2D eigenvalue weighted by molar-refractivity contribution is 8.26. The highest BCUT2D eigenvalue weighted by Gasteiger charge is 2.31. The van der Waals surface area contributed by atoms with Gasteiger partial charge in [-0.1, -0.05) is 24.0 Å². The molecule has 1 N–H and O–H groups in total. The van der Waals surface area contributed by atoms with E-state index < -0.39 is 0 Å². The number of hydrogen-bond acceptors (Lipinski definition) is 4. The van der Waals surface area contributed by atoms with E-state index >= 15 is 0 Å². The van der Waals surface area contributed by atoms with Crippen molar-refractivity contribution in [3.63, 3.8) is 0 Å². The maximum Gasteiger partial charge on any atom is 0.267 e. The Labute approximate surface area is 112 Å². The summed E-state index contributed by atoms with van der Waals surface area (Å²) in [6.45, 7) is 6.90. The maximum absolute atomic E-state index is 12.0. The first-order valence-electron chi connectivity index (χ1n) is 5.92. The van der Waals surface area contributed by atoms with E-state index in [4.69, 9.17) is 12.2 Å². The summed E-state index contributed by atoms with van der Waals surface area (Å²) in [4.78, 5) is 18.2. The molecule has 0 bridgehead atoms. The van der Waals surface area contributed by atoms with Gasteiger partial charge in [-0.25, -0.2) is 0 Å². The average molecular weight is 272 g/mol. The molecule has 0 aromatic rings. The summed E-state index contributed by atoms with van der Waals surface area (Å²) >= 11 is 6.61. The van der Waals surface area contributed by atoms with Gasteiger partial charge in [0.1, 0.15) is 4.32 Å². The van der Waals surface area contributed by atoms with Crippen LogP contribution in [0.15, 0.2) is 11.1 Å². The van der Waals surface area contributed by atoms with Gasteiger partial charge in [0.2, 0.25) is 0 Å². The zero-order valence-electron chi connectivity index (χ0n) is 10.2. The van der Waals surface area contributed by atoms with Gasteiger partial charge in [-0.15, -0.1) is 0 Å². The lowest BCUT2D eigenvalue weighted by molar-refractivity contribution is -0.883. The van der Waals surface area contributed by atoms with Crippen molar-refractivity contribution in [3.05, 3.63) is 11.1 Å². The van der Waals surface area contributed by atoms with Crippen LogP contribution in [0.5, 0.6) is 0 Å². The van der Waals surface area contributed by atoms with Crippen LogP contribution in [0, 0.1) is 0 Å². The van der Waals surface area contributed by atoms with E-state index in [1.54, 1.807) is 9.80 Å². The summed E-state index contributed by atoms with van der Waals surface area (Å²) < 4.78 is 0.684. The van der Waals surface area contributed by atoms with Crippen LogP contribution in [0.25, 0.3) is 0 Å². The summed E-state index contributed by atoms with van der Waals surface area (Å²) in [5, 5.41) is 0. The minimum absolute atomic E-state index is 0.0637. The second-order valence-corrected chi connectivity index (χ2v) is 6.08. The minimum Gasteiger partial charge on any atom is -0.365 e. The highest BCUT2D eigenvalue weighted by atomic mass is 32.2. The van der Waals surface area contributed by atoms with Gasteiger partial charge < -0.3 is 9.80 Å². The Morgan fingerprint density at radius 1 is 1.47 bits per heavy atom. The SMILES string of the molecule is CCN1C(=O)C(=CN2CC[NH+](C)CC2)SC1=S. The van der Waals surface area contributed by atoms with Gasteiger partial charge in [0, 0.05) is 12.7 Å². The van der Waals surface area contributed by atoms with Gasteiger partial charge in [-0.2, -0.15) is 0 Å². The van der Waals surface area contributed by atoms with E-state index in [9.17, 15) is 4.79 Å². The van der Waals surface area contributed by atoms with Gasteiger partial charge in [-0.05, 0) is 6.92 Å². The summed E-state index contributed by atoms with van der Waals surface area (Å²) in [6, 6.07) is 0. The fourth-order valence-electron chi connectivity index (χ4n) is 1.96. The fourth-order valence-corrected chi connectivity index (χ4v) is 3.35. The number of thioether (sulfide) groups is 1. The molecule has 2 fully saturated rings. The number of rotatable bonds is 2. The second kappa shape index (κ2) is 5.37. The van der Waals surface area contributed by atoms with E-state index in [2.05, 4.69) is 11.9 Å². The third-order valence-corrected chi connectivity index (χ3v) is 4.51. The zero-order chi connectivity index (χ0) is 12.4. The monoisotopic (exact) mass is 272 g/mol. The van der Waals surface area contributed by atoms with Crippen molar-refractivity contribution in [3.8, 4) is 0 Å². The van der Waals surface area contributed by atoms with Crippen LogP contribution >= 0.6 is 24.0 Å². The van der Waals surface area contributed by atoms with E-state index in [0.717, 1.165) is 31.1 Å². The molecule has 17 heavy (non-hydrogen) atoms. The van der Waals surface area contributed by atoms with Crippen molar-refractivity contribution < 1.29 is 9.69 Å². The van der Waals surface area contributed by atoms with Gasteiger partial charge >= 0.3 is 0 Å². The second-order valence-electron chi connectivity index (χ2n) is 4.40. The first kappa shape index (κ1) is 12.9. The molecule has 0 spiro atoms. The number of amides is 1. The number of nitrogens with zero attached hydrogens (tertiary/aromatic N) is 2. The molecule has 0 atom stereocenters. The van der Waals surface area contributed by atoms with Crippen molar-refractivity contribution in [1.29, 1.82) is 0 Å². The van der Waals surface area contributed by atoms with Crippen LogP contribution < -0.4 is 4.90 Å². The standard InChI is InChI=1S/C11H17N3OS2/c1-3-14-10(15)9(17-11(14)16)8-13-6-4-12(2)5-7-13/h8H,3-7H2,1-2H3/p+1. The highest BCUT2D eigenvalue weighted by Crippen LogP contribution is 2.30. The third kappa shape index (κ3) is 2.81. The summed E-state index contributed by atoms with van der Waals surface area (Å²) in [7, 11) is 2.20. The molecule has 0 radical (unpaired) electrons. The van der Waals surface area contributed by atoms with Gasteiger partial charge in [0.25, 0.3) is 5.91 Å². The molecule has 1 amide bonds. The smallest absolute Gasteiger partial charge is 0.267 e. The van der Waals surface area contributed by atoms with Crippen LogP contribution in [0.3, 0.4) is 0 Å². The van der Waals surface area contributed by atoms with Gasteiger partial charge in [0.15, 0.2) is 0 Å². The molecule has 2 aliphatic rings. The number of piperazine rings is 1. The Morgan fingerprint density at radius 3 is 2.65 bits per heavy atom. The molecule has 0 saturated carbocycles. The number of nitrogens with one attached hydrogen (secondary N) is 1. The molecule has 2 heterocycles. The van der Waals surface area contributed by atoms with Crippen molar-refractivity contribution in [2.24, 2.45) is 0 Å². The Hall–Kier alpha value is -0.590. The molecule has 0 unspecified atom stereocenters. The van der Waals surface area contributed by atoms with Gasteiger partial charge in [0.05, 0.1) is 38.1 Å². The maximum atomic E-state index is 12.0. The molecule has 6 heteroatoms. The normalized spacial score (nSPS) is 25.2. The lowest BCUT2D eigenvalue weighted by Gasteiger charge is -2.29. The summed E-state index contributed by atoms with van der Waals surface area (Å²) in [5.41, 5.74) is 0. The summed E-state index contributed by atoms with van der Waals surface area (Å²) in [5.74, 6) is 0.0637. The molecule has 0 aromatic carbocycles. The third-order valence-electron chi connectivity index (χ3n) is 3.14. The number of carbonyl (C=O) groups is 1. The first-order chi connectivity index (χ1) is 8.11. The lowest BCUT2D eigenvalue weighted by atomic mass is 10.3. The molecule has 4 nitrogen and oxygen atoms in total. The Kier molecular flexibility index (Phi) is 4.06. The largest absolute Gasteiger partial charge is 0.365 e. The Morgan fingerprint density at radius 2 is 2.12 bits per heavy atom. The van der Waals surface area contributed by atoms with Crippen LogP contribution in [0.1, 0.15) is 6.92 Å². The average Bonchev–Trinajstić information content (AvgIpc) is 2.57. The predicted octanol–water partition coefficient (Wildman–Crippen LogP) is -0.462. The van der Waals surface area contributed by atoms with Crippen molar-refractivity contribution >= 4 is 34.2 Å². The number of likely N-dealkylation sites (N-methyl/N-ethyl adjacent to an activating group) is 2. The van der Waals surface area contributed by atoms with E-state index in [1.807, 2.05) is 13.1 Å². The van der Waals surface area contributed by atoms with Crippen molar-refractivity contribution in [1.82, 2.24) is 9.80 Å². The molecule has 0 aliphatic carbocycles. The number of thiocarbonyl (C=S) groups is 1. The van der Waals surface area contributed by atoms with Crippen LogP contribution in [-0.2, 0) is 4.79 Å². The Balaban J connectivity index is 2.03. The summed E-state index contributed by atoms with van der Waals surface area (Å²) in [6.07, 6.45) is 1.99. The van der Waals surface area contributed by atoms with Crippen LogP contribution in [-0.4, -0.2) is 59.8 Å². The Bertz CT molecular complexity index is 362. The van der Waals surface area contributed by atoms with Gasteiger partial charge in [-0.3, -0.25) is 9.69 Å². The molecule has 2 rings (SSSR count). The number of carbonyl (C=O) groups excluding carboxylic acids is 1. The van der Waals surface area contributed by atoms with Crippen molar-refractivity contribution in [2.45, 2.75) is 6.92 Å². The quantitative estimate of drug-likeness (QED) is 0.544. The number of quaternary nitrogens is 1. The van der Waals surface area contributed by atoms with E-state index in [1.165, 1.54) is 11.8 Å². The van der Waals surface area contributed by atoms with Crippen LogP contribution in [0.2, 0.25) is 0 Å². The first-order valence-corrected chi connectivity index (χ1v) is 7.15. The van der Waals surface area contributed by atoms with Crippen molar-refractivity contribution in [2.75, 3.05) is 39.8 Å². The predicted molar refractivity (Wildman–Crippen MR) is 73.9 cm³/mol. The molecule has 2 saturated heterocycles. The molecule has 94 valence electrons. The van der Waals surface area contributed by atoms with E-state index in [-0.39, 0.29) is 5.91 Å².